The molecular formula is C15H15BrFNO. The van der Waals surface area contributed by atoms with Gasteiger partial charge in [-0.2, -0.15) is 0 Å². The third-order valence-corrected chi connectivity index (χ3v) is 4.13. The second-order valence-electron chi connectivity index (χ2n) is 4.52. The Morgan fingerprint density at radius 1 is 1.16 bits per heavy atom. The first-order chi connectivity index (χ1) is 8.97. The molecule has 19 heavy (non-hydrogen) atoms. The van der Waals surface area contributed by atoms with Gasteiger partial charge in [-0.3, -0.25) is 0 Å². The lowest BCUT2D eigenvalue weighted by molar-refractivity contribution is 0.305. The number of hydrogen-bond acceptors (Lipinski definition) is 2. The molecule has 0 aliphatic heterocycles. The number of benzene rings is 2. The number of nitrogen functional groups attached to an aromatic ring is 1. The second-order valence-corrected chi connectivity index (χ2v) is 5.31. The van der Waals surface area contributed by atoms with E-state index in [0.29, 0.717) is 6.61 Å². The van der Waals surface area contributed by atoms with Crippen LogP contribution < -0.4 is 10.5 Å². The van der Waals surface area contributed by atoms with E-state index >= 15 is 0 Å². The number of hydrogen-bond donors (Lipinski definition) is 1. The third-order valence-electron chi connectivity index (χ3n) is 2.88. The molecule has 0 unspecified atom stereocenters. The zero-order valence-corrected chi connectivity index (χ0v) is 12.4. The molecule has 0 saturated heterocycles. The summed E-state index contributed by atoms with van der Waals surface area (Å²) >= 11 is 3.51. The number of nitrogens with two attached hydrogens (primary N) is 1. The molecule has 0 bridgehead atoms. The van der Waals surface area contributed by atoms with E-state index < -0.39 is 5.82 Å². The predicted octanol–water partition coefficient (Wildman–Crippen LogP) is 4.37. The molecule has 0 atom stereocenters. The van der Waals surface area contributed by atoms with Crippen molar-refractivity contribution < 1.29 is 9.13 Å². The van der Waals surface area contributed by atoms with Crippen molar-refractivity contribution in [2.45, 2.75) is 20.5 Å². The van der Waals surface area contributed by atoms with Gasteiger partial charge in [0.25, 0.3) is 0 Å². The highest BCUT2D eigenvalue weighted by atomic mass is 79.9. The van der Waals surface area contributed by atoms with Gasteiger partial charge in [0.2, 0.25) is 0 Å². The highest BCUT2D eigenvalue weighted by Crippen LogP contribution is 2.27. The van der Waals surface area contributed by atoms with Gasteiger partial charge in [-0.1, -0.05) is 22.0 Å². The molecule has 0 aliphatic rings. The molecule has 0 aromatic heterocycles. The summed E-state index contributed by atoms with van der Waals surface area (Å²) in [5, 5.41) is 0. The lowest BCUT2D eigenvalue weighted by Gasteiger charge is -2.10. The van der Waals surface area contributed by atoms with Gasteiger partial charge in [0.05, 0.1) is 5.69 Å². The monoisotopic (exact) mass is 323 g/mol. The van der Waals surface area contributed by atoms with Gasteiger partial charge in [0.15, 0.2) is 0 Å². The zero-order chi connectivity index (χ0) is 14.0. The van der Waals surface area contributed by atoms with E-state index in [9.17, 15) is 4.39 Å². The van der Waals surface area contributed by atoms with Crippen LogP contribution in [0.25, 0.3) is 0 Å². The van der Waals surface area contributed by atoms with Crippen molar-refractivity contribution >= 4 is 21.6 Å². The number of aryl methyl sites for hydroxylation is 2. The highest BCUT2D eigenvalue weighted by Gasteiger charge is 2.05. The van der Waals surface area contributed by atoms with Crippen LogP contribution >= 0.6 is 15.9 Å². The largest absolute Gasteiger partial charge is 0.489 e. The molecule has 0 amide bonds. The Labute approximate surface area is 120 Å². The van der Waals surface area contributed by atoms with Gasteiger partial charge in [0.1, 0.15) is 18.2 Å². The SMILES string of the molecule is Cc1cc(OCc2ccc(N)c(F)c2)cc(C)c1Br. The Bertz CT molecular complexity index is 590. The van der Waals surface area contributed by atoms with Crippen LogP contribution in [0.4, 0.5) is 10.1 Å². The van der Waals surface area contributed by atoms with Crippen LogP contribution in [-0.2, 0) is 6.61 Å². The van der Waals surface area contributed by atoms with E-state index in [2.05, 4.69) is 15.9 Å². The molecule has 2 nitrogen and oxygen atoms in total. The number of ether oxygens (including phenoxy) is 1. The topological polar surface area (TPSA) is 35.2 Å². The lowest BCUT2D eigenvalue weighted by atomic mass is 10.1. The van der Waals surface area contributed by atoms with Crippen LogP contribution in [0, 0.1) is 19.7 Å². The lowest BCUT2D eigenvalue weighted by Crippen LogP contribution is -1.99. The van der Waals surface area contributed by atoms with Crippen LogP contribution in [-0.4, -0.2) is 0 Å². The average molecular weight is 324 g/mol. The van der Waals surface area contributed by atoms with Crippen molar-refractivity contribution in [3.63, 3.8) is 0 Å². The number of anilines is 1. The first-order valence-corrected chi connectivity index (χ1v) is 6.70. The Balaban J connectivity index is 2.12. The van der Waals surface area contributed by atoms with Gasteiger partial charge in [-0.05, 0) is 54.8 Å². The Kier molecular flexibility index (Phi) is 4.10. The average Bonchev–Trinajstić information content (AvgIpc) is 2.37. The Morgan fingerprint density at radius 3 is 2.37 bits per heavy atom. The molecule has 0 fully saturated rings. The molecule has 0 saturated carbocycles. The van der Waals surface area contributed by atoms with E-state index in [0.717, 1.165) is 26.9 Å². The molecule has 0 aliphatic carbocycles. The third kappa shape index (κ3) is 3.26. The normalized spacial score (nSPS) is 10.5. The van der Waals surface area contributed by atoms with Gasteiger partial charge >= 0.3 is 0 Å². The van der Waals surface area contributed by atoms with Crippen LogP contribution in [0.2, 0.25) is 0 Å². The summed E-state index contributed by atoms with van der Waals surface area (Å²) in [6.07, 6.45) is 0. The molecule has 0 heterocycles. The maximum Gasteiger partial charge on any atom is 0.146 e. The van der Waals surface area contributed by atoms with E-state index in [4.69, 9.17) is 10.5 Å². The quantitative estimate of drug-likeness (QED) is 0.851. The smallest absolute Gasteiger partial charge is 0.146 e. The van der Waals surface area contributed by atoms with E-state index in [1.165, 1.54) is 6.07 Å². The van der Waals surface area contributed by atoms with Crippen molar-refractivity contribution in [3.05, 3.63) is 57.3 Å². The Hall–Kier alpha value is -1.55. The zero-order valence-electron chi connectivity index (χ0n) is 10.8. The summed E-state index contributed by atoms with van der Waals surface area (Å²) in [5.74, 6) is 0.361. The molecule has 100 valence electrons. The van der Waals surface area contributed by atoms with Crippen LogP contribution in [0.15, 0.2) is 34.8 Å². The first kappa shape index (κ1) is 13.9. The maximum atomic E-state index is 13.3. The van der Waals surface area contributed by atoms with Gasteiger partial charge in [-0.15, -0.1) is 0 Å². The summed E-state index contributed by atoms with van der Waals surface area (Å²) in [6.45, 7) is 4.33. The van der Waals surface area contributed by atoms with Crippen LogP contribution in [0.1, 0.15) is 16.7 Å². The fourth-order valence-corrected chi connectivity index (χ4v) is 2.05. The molecule has 2 rings (SSSR count). The summed E-state index contributed by atoms with van der Waals surface area (Å²) in [4.78, 5) is 0. The molecule has 0 spiro atoms. The fraction of sp³-hybridized carbons (Fsp3) is 0.200. The van der Waals surface area contributed by atoms with E-state index in [-0.39, 0.29) is 5.69 Å². The molecule has 2 aromatic carbocycles. The molecule has 2 aromatic rings. The fourth-order valence-electron chi connectivity index (χ4n) is 1.82. The number of rotatable bonds is 3. The first-order valence-electron chi connectivity index (χ1n) is 5.91. The molecule has 2 N–H and O–H groups in total. The van der Waals surface area contributed by atoms with Crippen molar-refractivity contribution in [2.75, 3.05) is 5.73 Å². The Morgan fingerprint density at radius 2 is 1.79 bits per heavy atom. The molecule has 0 radical (unpaired) electrons. The van der Waals surface area contributed by atoms with Crippen molar-refractivity contribution in [1.29, 1.82) is 0 Å². The van der Waals surface area contributed by atoms with Gasteiger partial charge < -0.3 is 10.5 Å². The predicted molar refractivity (Wildman–Crippen MR) is 78.8 cm³/mol. The van der Waals surface area contributed by atoms with Crippen molar-refractivity contribution in [1.82, 2.24) is 0 Å². The maximum absolute atomic E-state index is 13.3. The van der Waals surface area contributed by atoms with Crippen LogP contribution in [0.5, 0.6) is 5.75 Å². The summed E-state index contributed by atoms with van der Waals surface area (Å²) in [6, 6.07) is 8.60. The molecular weight excluding hydrogens is 309 g/mol. The standard InChI is InChI=1S/C15H15BrFNO/c1-9-5-12(6-10(2)15(9)16)19-8-11-3-4-14(18)13(17)7-11/h3-7H,8,18H2,1-2H3. The minimum atomic E-state index is -0.413. The van der Waals surface area contributed by atoms with E-state index in [1.807, 2.05) is 26.0 Å². The number of halogens is 2. The summed E-state index contributed by atoms with van der Waals surface area (Å²) in [5.41, 5.74) is 8.56. The van der Waals surface area contributed by atoms with Crippen LogP contribution in [0.3, 0.4) is 0 Å². The van der Waals surface area contributed by atoms with Gasteiger partial charge in [0, 0.05) is 4.47 Å². The minimum absolute atomic E-state index is 0.152. The summed E-state index contributed by atoms with van der Waals surface area (Å²) in [7, 11) is 0. The van der Waals surface area contributed by atoms with Crippen molar-refractivity contribution in [3.8, 4) is 5.75 Å². The summed E-state index contributed by atoms with van der Waals surface area (Å²) < 4.78 is 20.1. The highest BCUT2D eigenvalue weighted by molar-refractivity contribution is 9.10. The second kappa shape index (κ2) is 5.61. The van der Waals surface area contributed by atoms with E-state index in [1.54, 1.807) is 12.1 Å². The van der Waals surface area contributed by atoms with Crippen molar-refractivity contribution in [2.24, 2.45) is 0 Å². The molecule has 4 heteroatoms. The minimum Gasteiger partial charge on any atom is -0.489 e. The van der Waals surface area contributed by atoms with Gasteiger partial charge in [-0.25, -0.2) is 4.39 Å².